The summed E-state index contributed by atoms with van der Waals surface area (Å²) in [6.07, 6.45) is 2.23. The molecule has 0 aliphatic carbocycles. The molecule has 0 unspecified atom stereocenters. The normalized spacial score (nSPS) is 19.2. The van der Waals surface area contributed by atoms with Crippen molar-refractivity contribution in [3.8, 4) is 5.88 Å². The highest BCUT2D eigenvalue weighted by Gasteiger charge is 2.34. The zero-order valence-corrected chi connectivity index (χ0v) is 16.1. The zero-order valence-electron chi connectivity index (χ0n) is 16.1. The van der Waals surface area contributed by atoms with Gasteiger partial charge in [-0.25, -0.2) is 14.2 Å². The van der Waals surface area contributed by atoms with Crippen molar-refractivity contribution in [2.24, 2.45) is 0 Å². The number of aryl methyl sites for hydroxylation is 1. The Balaban J connectivity index is 1.30. The first-order valence-electron chi connectivity index (χ1n) is 9.56. The van der Waals surface area contributed by atoms with Gasteiger partial charge < -0.3 is 14.5 Å². The number of hydrogen-bond acceptors (Lipinski definition) is 5. The molecule has 2 fully saturated rings. The van der Waals surface area contributed by atoms with E-state index < -0.39 is 0 Å². The van der Waals surface area contributed by atoms with Crippen molar-refractivity contribution in [1.29, 1.82) is 0 Å². The summed E-state index contributed by atoms with van der Waals surface area (Å²) < 4.78 is 18.9. The topological polar surface area (TPSA) is 78.9 Å². The minimum Gasteiger partial charge on any atom is -0.472 e. The number of amides is 3. The van der Waals surface area contributed by atoms with Gasteiger partial charge >= 0.3 is 6.03 Å². The number of ether oxygens (including phenoxy) is 1. The Labute approximate surface area is 167 Å². The molecule has 3 amide bonds. The maximum Gasteiger partial charge on any atom is 0.325 e. The van der Waals surface area contributed by atoms with Crippen LogP contribution in [0.5, 0.6) is 5.88 Å². The van der Waals surface area contributed by atoms with Crippen molar-refractivity contribution in [1.82, 2.24) is 19.8 Å². The molecule has 8 nitrogen and oxygen atoms in total. The number of hydrogen-bond donors (Lipinski definition) is 0. The molecule has 29 heavy (non-hydrogen) atoms. The van der Waals surface area contributed by atoms with Crippen LogP contribution in [0.4, 0.5) is 14.9 Å². The Morgan fingerprint density at radius 1 is 1.21 bits per heavy atom. The van der Waals surface area contributed by atoms with Crippen molar-refractivity contribution in [2.45, 2.75) is 19.4 Å². The molecule has 2 aliphatic heterocycles. The number of anilines is 1. The standard InChI is InChI=1S/C20H22FN5O3/c1-14-22-8-6-18(23-14)29-17-7-9-24(12-17)19(27)13-25-10-11-26(20(25)28)16-4-2-15(21)3-5-16/h2-6,8,17H,7,9-13H2,1H3/t17-/m0/s1. The minimum atomic E-state index is -0.352. The van der Waals surface area contributed by atoms with Crippen LogP contribution in [0.1, 0.15) is 12.2 Å². The molecule has 2 aromatic rings. The van der Waals surface area contributed by atoms with Gasteiger partial charge in [-0.2, -0.15) is 4.98 Å². The minimum absolute atomic E-state index is 0.0237. The molecule has 2 saturated heterocycles. The number of benzene rings is 1. The van der Waals surface area contributed by atoms with E-state index in [0.717, 1.165) is 0 Å². The quantitative estimate of drug-likeness (QED) is 0.767. The van der Waals surface area contributed by atoms with Gasteiger partial charge in [-0.1, -0.05) is 0 Å². The van der Waals surface area contributed by atoms with Crippen LogP contribution in [0.25, 0.3) is 0 Å². The van der Waals surface area contributed by atoms with E-state index in [1.165, 1.54) is 17.0 Å². The smallest absolute Gasteiger partial charge is 0.325 e. The summed E-state index contributed by atoms with van der Waals surface area (Å²) in [6, 6.07) is 7.23. The molecule has 0 spiro atoms. The Bertz CT molecular complexity index is 907. The second-order valence-corrected chi connectivity index (χ2v) is 7.14. The highest BCUT2D eigenvalue weighted by Crippen LogP contribution is 2.21. The third kappa shape index (κ3) is 4.28. The largest absolute Gasteiger partial charge is 0.472 e. The monoisotopic (exact) mass is 399 g/mol. The van der Waals surface area contributed by atoms with Gasteiger partial charge in [0.1, 0.15) is 24.3 Å². The van der Waals surface area contributed by atoms with Crippen LogP contribution in [0.15, 0.2) is 36.5 Å². The van der Waals surface area contributed by atoms with E-state index in [1.807, 2.05) is 0 Å². The number of urea groups is 1. The Morgan fingerprint density at radius 2 is 2.00 bits per heavy atom. The lowest BCUT2D eigenvalue weighted by Gasteiger charge is -2.22. The number of halogens is 1. The number of carbonyl (C=O) groups excluding carboxylic acids is 2. The van der Waals surface area contributed by atoms with Gasteiger partial charge in [0.15, 0.2) is 0 Å². The molecule has 0 saturated carbocycles. The summed E-state index contributed by atoms with van der Waals surface area (Å²) in [6.45, 7) is 3.78. The summed E-state index contributed by atoms with van der Waals surface area (Å²) in [4.78, 5) is 38.4. The fraction of sp³-hybridized carbons (Fsp3) is 0.400. The summed E-state index contributed by atoms with van der Waals surface area (Å²) in [5, 5.41) is 0. The van der Waals surface area contributed by atoms with Crippen molar-refractivity contribution < 1.29 is 18.7 Å². The van der Waals surface area contributed by atoms with Crippen molar-refractivity contribution in [2.75, 3.05) is 37.6 Å². The lowest BCUT2D eigenvalue weighted by Crippen LogP contribution is -2.42. The lowest BCUT2D eigenvalue weighted by atomic mass is 10.3. The summed E-state index contributed by atoms with van der Waals surface area (Å²) in [5.74, 6) is 0.674. The predicted molar refractivity (Wildman–Crippen MR) is 103 cm³/mol. The van der Waals surface area contributed by atoms with Crippen LogP contribution in [0.3, 0.4) is 0 Å². The molecule has 0 N–H and O–H groups in total. The highest BCUT2D eigenvalue weighted by molar-refractivity contribution is 5.96. The van der Waals surface area contributed by atoms with E-state index in [9.17, 15) is 14.0 Å². The van der Waals surface area contributed by atoms with Crippen molar-refractivity contribution >= 4 is 17.6 Å². The Hall–Kier alpha value is -3.23. The first-order chi connectivity index (χ1) is 14.0. The van der Waals surface area contributed by atoms with E-state index in [0.29, 0.717) is 50.0 Å². The SMILES string of the molecule is Cc1nccc(O[C@H]2CCN(C(=O)CN3CCN(c4ccc(F)cc4)C3=O)C2)n1. The van der Waals surface area contributed by atoms with Gasteiger partial charge in [-0.15, -0.1) is 0 Å². The average Bonchev–Trinajstić information content (AvgIpc) is 3.30. The third-order valence-electron chi connectivity index (χ3n) is 5.09. The summed E-state index contributed by atoms with van der Waals surface area (Å²) in [5.41, 5.74) is 0.626. The van der Waals surface area contributed by atoms with E-state index in [1.54, 1.807) is 41.1 Å². The average molecular weight is 399 g/mol. The van der Waals surface area contributed by atoms with E-state index >= 15 is 0 Å². The maximum atomic E-state index is 13.1. The van der Waals surface area contributed by atoms with E-state index in [-0.39, 0.29) is 30.4 Å². The van der Waals surface area contributed by atoms with Gasteiger partial charge in [-0.05, 0) is 31.2 Å². The number of carbonyl (C=O) groups is 2. The number of rotatable bonds is 5. The van der Waals surface area contributed by atoms with E-state index in [2.05, 4.69) is 9.97 Å². The summed E-state index contributed by atoms with van der Waals surface area (Å²) in [7, 11) is 0. The van der Waals surface area contributed by atoms with Crippen LogP contribution in [0, 0.1) is 12.7 Å². The van der Waals surface area contributed by atoms with E-state index in [4.69, 9.17) is 4.74 Å². The van der Waals surface area contributed by atoms with Crippen molar-refractivity contribution in [3.05, 3.63) is 48.2 Å². The molecule has 2 aliphatic rings. The molecule has 0 radical (unpaired) electrons. The fourth-order valence-corrected chi connectivity index (χ4v) is 3.58. The number of nitrogens with zero attached hydrogens (tertiary/aromatic N) is 5. The van der Waals surface area contributed by atoms with Crippen LogP contribution in [0.2, 0.25) is 0 Å². The molecule has 1 aromatic heterocycles. The molecule has 0 bridgehead atoms. The lowest BCUT2D eigenvalue weighted by molar-refractivity contribution is -0.130. The molecule has 3 heterocycles. The van der Waals surface area contributed by atoms with Gasteiger partial charge in [0.2, 0.25) is 11.8 Å². The van der Waals surface area contributed by atoms with Gasteiger partial charge in [-0.3, -0.25) is 9.69 Å². The molecular formula is C20H22FN5O3. The number of likely N-dealkylation sites (tertiary alicyclic amines) is 1. The third-order valence-corrected chi connectivity index (χ3v) is 5.09. The molecule has 1 atom stereocenters. The van der Waals surface area contributed by atoms with Crippen LogP contribution in [-0.4, -0.2) is 70.5 Å². The van der Waals surface area contributed by atoms with Gasteiger partial charge in [0, 0.05) is 44.0 Å². The van der Waals surface area contributed by atoms with Crippen LogP contribution >= 0.6 is 0 Å². The van der Waals surface area contributed by atoms with Crippen molar-refractivity contribution in [3.63, 3.8) is 0 Å². The molecule has 4 rings (SSSR count). The van der Waals surface area contributed by atoms with Gasteiger partial charge in [0.05, 0.1) is 6.54 Å². The van der Waals surface area contributed by atoms with Crippen LogP contribution in [-0.2, 0) is 4.79 Å². The maximum absolute atomic E-state index is 13.1. The predicted octanol–water partition coefficient (Wildman–Crippen LogP) is 1.85. The first-order valence-corrected chi connectivity index (χ1v) is 9.56. The first kappa shape index (κ1) is 19.1. The molecule has 9 heteroatoms. The molecule has 152 valence electrons. The highest BCUT2D eigenvalue weighted by atomic mass is 19.1. The number of aromatic nitrogens is 2. The Kier molecular flexibility index (Phi) is 5.28. The second kappa shape index (κ2) is 8.02. The fourth-order valence-electron chi connectivity index (χ4n) is 3.58. The zero-order chi connectivity index (χ0) is 20.4. The molecular weight excluding hydrogens is 377 g/mol. The molecule has 1 aromatic carbocycles. The second-order valence-electron chi connectivity index (χ2n) is 7.14. The van der Waals surface area contributed by atoms with Gasteiger partial charge in [0.25, 0.3) is 0 Å². The summed E-state index contributed by atoms with van der Waals surface area (Å²) >= 11 is 0. The van der Waals surface area contributed by atoms with Crippen LogP contribution < -0.4 is 9.64 Å². The Morgan fingerprint density at radius 3 is 2.76 bits per heavy atom.